The van der Waals surface area contributed by atoms with Crippen molar-refractivity contribution in [2.75, 3.05) is 23.3 Å². The highest BCUT2D eigenvalue weighted by molar-refractivity contribution is 7.92. The zero-order chi connectivity index (χ0) is 21.3. The van der Waals surface area contributed by atoms with Crippen molar-refractivity contribution < 1.29 is 17.9 Å². The van der Waals surface area contributed by atoms with E-state index in [9.17, 15) is 13.2 Å². The number of rotatable bonds is 6. The van der Waals surface area contributed by atoms with E-state index in [2.05, 4.69) is 4.72 Å². The van der Waals surface area contributed by atoms with E-state index >= 15 is 0 Å². The summed E-state index contributed by atoms with van der Waals surface area (Å²) in [4.78, 5) is 14.8. The lowest BCUT2D eigenvalue weighted by Gasteiger charge is -2.21. The number of fused-ring (bicyclic) bond motifs is 1. The molecule has 2 aromatic carbocycles. The van der Waals surface area contributed by atoms with Crippen LogP contribution in [0.15, 0.2) is 41.3 Å². The first-order valence-corrected chi connectivity index (χ1v) is 12.1. The average Bonchev–Trinajstić information content (AvgIpc) is 3.42. The van der Waals surface area contributed by atoms with Gasteiger partial charge in [-0.3, -0.25) is 9.52 Å². The average molecular weight is 429 g/mol. The molecule has 4 rings (SSSR count). The smallest absolute Gasteiger partial charge is 0.265 e. The Labute approximate surface area is 178 Å². The van der Waals surface area contributed by atoms with Crippen molar-refractivity contribution in [1.29, 1.82) is 0 Å². The predicted octanol–water partition coefficient (Wildman–Crippen LogP) is 4.14. The minimum Gasteiger partial charge on any atom is -0.495 e. The van der Waals surface area contributed by atoms with Crippen molar-refractivity contribution in [3.63, 3.8) is 0 Å². The zero-order valence-electron chi connectivity index (χ0n) is 17.5. The van der Waals surface area contributed by atoms with Crippen LogP contribution in [0.5, 0.6) is 5.75 Å². The van der Waals surface area contributed by atoms with Gasteiger partial charge >= 0.3 is 0 Å². The van der Waals surface area contributed by atoms with Crippen LogP contribution in [0.3, 0.4) is 0 Å². The summed E-state index contributed by atoms with van der Waals surface area (Å²) in [6.45, 7) is 2.64. The molecule has 1 aliphatic carbocycles. The standard InChI is InChI=1S/C23H28N2O4S/c1-3-16-8-11-21(29-2)22(14-16)30(27,28)24-19-9-10-20-18(15-19)12-13-25(20)23(26)17-6-4-5-7-17/h8-11,14-15,17,24H,3-7,12-13H2,1-2H3. The van der Waals surface area contributed by atoms with Crippen LogP contribution in [0.2, 0.25) is 0 Å². The number of benzene rings is 2. The van der Waals surface area contributed by atoms with E-state index in [1.54, 1.807) is 18.2 Å². The maximum atomic E-state index is 13.0. The Bertz CT molecular complexity index is 1060. The molecule has 6 nitrogen and oxygen atoms in total. The SMILES string of the molecule is CCc1ccc(OC)c(S(=O)(=O)Nc2ccc3c(c2)CCN3C(=O)C2CCCC2)c1. The van der Waals surface area contributed by atoms with E-state index in [0.29, 0.717) is 18.0 Å². The topological polar surface area (TPSA) is 75.7 Å². The molecule has 7 heteroatoms. The molecule has 2 aromatic rings. The molecule has 1 fully saturated rings. The second-order valence-electron chi connectivity index (χ2n) is 8.01. The van der Waals surface area contributed by atoms with Crippen LogP contribution < -0.4 is 14.4 Å². The molecule has 0 aromatic heterocycles. The van der Waals surface area contributed by atoms with E-state index in [4.69, 9.17) is 4.74 Å². The molecule has 0 saturated heterocycles. The minimum absolute atomic E-state index is 0.128. The highest BCUT2D eigenvalue weighted by atomic mass is 32.2. The number of carbonyl (C=O) groups is 1. The van der Waals surface area contributed by atoms with E-state index < -0.39 is 10.0 Å². The number of carbonyl (C=O) groups excluding carboxylic acids is 1. The van der Waals surface area contributed by atoms with Gasteiger partial charge in [-0.05, 0) is 67.1 Å². The lowest BCUT2D eigenvalue weighted by molar-refractivity contribution is -0.122. The third-order valence-corrected chi connectivity index (χ3v) is 7.53. The first-order valence-electron chi connectivity index (χ1n) is 10.6. The number of ether oxygens (including phenoxy) is 1. The lowest BCUT2D eigenvalue weighted by atomic mass is 10.1. The van der Waals surface area contributed by atoms with Gasteiger partial charge in [-0.15, -0.1) is 0 Å². The summed E-state index contributed by atoms with van der Waals surface area (Å²) < 4.78 is 34.0. The van der Waals surface area contributed by atoms with Crippen molar-refractivity contribution in [3.8, 4) is 5.75 Å². The minimum atomic E-state index is -3.80. The number of methoxy groups -OCH3 is 1. The predicted molar refractivity (Wildman–Crippen MR) is 118 cm³/mol. The number of anilines is 2. The van der Waals surface area contributed by atoms with Crippen molar-refractivity contribution in [1.82, 2.24) is 0 Å². The Morgan fingerprint density at radius 1 is 1.17 bits per heavy atom. The highest BCUT2D eigenvalue weighted by Gasteiger charge is 2.32. The molecular weight excluding hydrogens is 400 g/mol. The third kappa shape index (κ3) is 3.90. The Balaban J connectivity index is 1.57. The van der Waals surface area contributed by atoms with Gasteiger partial charge in [0.1, 0.15) is 10.6 Å². The lowest BCUT2D eigenvalue weighted by Crippen LogP contribution is -2.33. The Kier molecular flexibility index (Phi) is 5.73. The van der Waals surface area contributed by atoms with E-state index in [1.165, 1.54) is 7.11 Å². The molecule has 0 radical (unpaired) electrons. The Morgan fingerprint density at radius 2 is 1.93 bits per heavy atom. The van der Waals surface area contributed by atoms with Crippen LogP contribution in [0.1, 0.15) is 43.7 Å². The van der Waals surface area contributed by atoms with Crippen LogP contribution in [-0.2, 0) is 27.7 Å². The number of sulfonamides is 1. The van der Waals surface area contributed by atoms with Gasteiger partial charge in [-0.1, -0.05) is 25.8 Å². The largest absolute Gasteiger partial charge is 0.495 e. The second-order valence-corrected chi connectivity index (χ2v) is 9.66. The summed E-state index contributed by atoms with van der Waals surface area (Å²) in [5, 5.41) is 0. The number of nitrogens with one attached hydrogen (secondary N) is 1. The van der Waals surface area contributed by atoms with E-state index in [1.807, 2.05) is 30.0 Å². The van der Waals surface area contributed by atoms with Gasteiger partial charge in [-0.2, -0.15) is 0 Å². The fraction of sp³-hybridized carbons (Fsp3) is 0.435. The molecule has 2 aliphatic rings. The normalized spacial score (nSPS) is 16.5. The van der Waals surface area contributed by atoms with Crippen molar-refractivity contribution in [2.24, 2.45) is 5.92 Å². The number of aryl methyl sites for hydroxylation is 1. The molecule has 30 heavy (non-hydrogen) atoms. The van der Waals surface area contributed by atoms with E-state index in [0.717, 1.165) is 55.3 Å². The molecule has 0 bridgehead atoms. The fourth-order valence-electron chi connectivity index (χ4n) is 4.45. The molecule has 1 amide bonds. The maximum Gasteiger partial charge on any atom is 0.265 e. The molecule has 1 aliphatic heterocycles. The van der Waals surface area contributed by atoms with Gasteiger partial charge in [0, 0.05) is 23.8 Å². The molecule has 1 saturated carbocycles. The number of hydrogen-bond acceptors (Lipinski definition) is 4. The zero-order valence-corrected chi connectivity index (χ0v) is 18.3. The molecule has 0 unspecified atom stereocenters. The summed E-state index contributed by atoms with van der Waals surface area (Å²) in [5.74, 6) is 0.655. The first kappa shape index (κ1) is 20.7. The van der Waals surface area contributed by atoms with Crippen molar-refractivity contribution >= 4 is 27.3 Å². The quantitative estimate of drug-likeness (QED) is 0.750. The molecule has 1 N–H and O–H groups in total. The maximum absolute atomic E-state index is 13.0. The third-order valence-electron chi connectivity index (χ3n) is 6.12. The van der Waals surface area contributed by atoms with E-state index in [-0.39, 0.29) is 16.7 Å². The van der Waals surface area contributed by atoms with Crippen LogP contribution in [0, 0.1) is 5.92 Å². The highest BCUT2D eigenvalue weighted by Crippen LogP contribution is 2.35. The van der Waals surface area contributed by atoms with Gasteiger partial charge in [0.25, 0.3) is 10.0 Å². The summed E-state index contributed by atoms with van der Waals surface area (Å²) in [5.41, 5.74) is 3.32. The first-order chi connectivity index (χ1) is 14.4. The molecule has 1 heterocycles. The number of hydrogen-bond donors (Lipinski definition) is 1. The van der Waals surface area contributed by atoms with Crippen molar-refractivity contribution in [2.45, 2.75) is 50.3 Å². The second kappa shape index (κ2) is 8.30. The molecule has 0 spiro atoms. The fourth-order valence-corrected chi connectivity index (χ4v) is 5.72. The van der Waals surface area contributed by atoms with Crippen LogP contribution in [0.25, 0.3) is 0 Å². The summed E-state index contributed by atoms with van der Waals surface area (Å²) in [6.07, 6.45) is 5.66. The summed E-state index contributed by atoms with van der Waals surface area (Å²) in [6, 6.07) is 10.6. The van der Waals surface area contributed by atoms with Gasteiger partial charge in [0.05, 0.1) is 7.11 Å². The number of nitrogens with zero attached hydrogens (tertiary/aromatic N) is 1. The van der Waals surface area contributed by atoms with Gasteiger partial charge in [0.15, 0.2) is 0 Å². The van der Waals surface area contributed by atoms with Crippen LogP contribution >= 0.6 is 0 Å². The molecular formula is C23H28N2O4S. The Hall–Kier alpha value is -2.54. The molecule has 0 atom stereocenters. The van der Waals surface area contributed by atoms with Gasteiger partial charge < -0.3 is 9.64 Å². The van der Waals surface area contributed by atoms with Crippen LogP contribution in [-0.4, -0.2) is 28.0 Å². The number of amides is 1. The molecule has 160 valence electrons. The monoisotopic (exact) mass is 428 g/mol. The summed E-state index contributed by atoms with van der Waals surface area (Å²) in [7, 11) is -2.34. The Morgan fingerprint density at radius 3 is 2.63 bits per heavy atom. The summed E-state index contributed by atoms with van der Waals surface area (Å²) >= 11 is 0. The van der Waals surface area contributed by atoms with Crippen molar-refractivity contribution in [3.05, 3.63) is 47.5 Å². The van der Waals surface area contributed by atoms with Gasteiger partial charge in [0.2, 0.25) is 5.91 Å². The van der Waals surface area contributed by atoms with Gasteiger partial charge in [-0.25, -0.2) is 8.42 Å². The van der Waals surface area contributed by atoms with Crippen LogP contribution in [0.4, 0.5) is 11.4 Å².